The van der Waals surface area contributed by atoms with E-state index in [0.29, 0.717) is 5.41 Å². The SMILES string of the molecule is CCC(C)(C)C1C[CH+]CC1. The summed E-state index contributed by atoms with van der Waals surface area (Å²) >= 11 is 0. The van der Waals surface area contributed by atoms with Crippen molar-refractivity contribution >= 4 is 0 Å². The van der Waals surface area contributed by atoms with E-state index in [2.05, 4.69) is 27.2 Å². The van der Waals surface area contributed by atoms with E-state index < -0.39 is 0 Å². The zero-order chi connectivity index (χ0) is 7.61. The van der Waals surface area contributed by atoms with Gasteiger partial charge in [0.25, 0.3) is 0 Å². The first kappa shape index (κ1) is 7.97. The summed E-state index contributed by atoms with van der Waals surface area (Å²) in [7, 11) is 0. The van der Waals surface area contributed by atoms with E-state index in [0.717, 1.165) is 5.92 Å². The van der Waals surface area contributed by atoms with Gasteiger partial charge in [-0.25, -0.2) is 0 Å². The van der Waals surface area contributed by atoms with Crippen molar-refractivity contribution in [2.75, 3.05) is 0 Å². The number of hydrogen-bond acceptors (Lipinski definition) is 0. The van der Waals surface area contributed by atoms with Gasteiger partial charge in [0.2, 0.25) is 0 Å². The normalized spacial score (nSPS) is 26.5. The van der Waals surface area contributed by atoms with Crippen LogP contribution in [0.5, 0.6) is 0 Å². The van der Waals surface area contributed by atoms with Crippen molar-refractivity contribution in [3.63, 3.8) is 0 Å². The standard InChI is InChI=1S/C10H19/c1-4-10(2,3)9-7-5-6-8-9/h5,9H,4,6-8H2,1-3H3/q+1. The molecule has 0 nitrogen and oxygen atoms in total. The van der Waals surface area contributed by atoms with E-state index in [4.69, 9.17) is 0 Å². The van der Waals surface area contributed by atoms with Gasteiger partial charge < -0.3 is 0 Å². The molecule has 0 spiro atoms. The Labute approximate surface area is 65.0 Å². The Kier molecular flexibility index (Phi) is 2.28. The van der Waals surface area contributed by atoms with Gasteiger partial charge in [-0.1, -0.05) is 27.2 Å². The summed E-state index contributed by atoms with van der Waals surface area (Å²) in [5.74, 6) is 0.970. The Morgan fingerprint density at radius 3 is 2.60 bits per heavy atom. The van der Waals surface area contributed by atoms with Crippen LogP contribution < -0.4 is 0 Å². The topological polar surface area (TPSA) is 0 Å². The fourth-order valence-electron chi connectivity index (χ4n) is 1.75. The van der Waals surface area contributed by atoms with Crippen molar-refractivity contribution < 1.29 is 0 Å². The van der Waals surface area contributed by atoms with Crippen LogP contribution in [0.15, 0.2) is 0 Å². The molecular formula is C10H19+. The lowest BCUT2D eigenvalue weighted by molar-refractivity contribution is 0.211. The second-order valence-corrected chi connectivity index (χ2v) is 4.14. The first-order chi connectivity index (χ1) is 4.67. The molecule has 58 valence electrons. The quantitative estimate of drug-likeness (QED) is 0.514. The first-order valence-corrected chi connectivity index (χ1v) is 4.48. The molecule has 0 radical (unpaired) electrons. The van der Waals surface area contributed by atoms with Crippen LogP contribution in [0.4, 0.5) is 0 Å². The lowest BCUT2D eigenvalue weighted by Crippen LogP contribution is -2.20. The average Bonchev–Trinajstić information content (AvgIpc) is 2.38. The van der Waals surface area contributed by atoms with E-state index >= 15 is 0 Å². The molecule has 0 heteroatoms. The van der Waals surface area contributed by atoms with Crippen LogP contribution >= 0.6 is 0 Å². The summed E-state index contributed by atoms with van der Waals surface area (Å²) in [6.45, 7) is 7.10. The van der Waals surface area contributed by atoms with Crippen molar-refractivity contribution in [3.05, 3.63) is 6.42 Å². The minimum atomic E-state index is 0.590. The Balaban J connectivity index is 2.45. The second kappa shape index (κ2) is 2.86. The number of rotatable bonds is 2. The molecule has 1 unspecified atom stereocenters. The van der Waals surface area contributed by atoms with Gasteiger partial charge in [-0.05, 0) is 11.8 Å². The van der Waals surface area contributed by atoms with Gasteiger partial charge in [0.05, 0.1) is 19.3 Å². The third-order valence-corrected chi connectivity index (χ3v) is 3.19. The summed E-state index contributed by atoms with van der Waals surface area (Å²) in [6, 6.07) is 0. The molecular weight excluding hydrogens is 120 g/mol. The van der Waals surface area contributed by atoms with Crippen LogP contribution in [0.2, 0.25) is 0 Å². The van der Waals surface area contributed by atoms with E-state index in [1.807, 2.05) is 0 Å². The van der Waals surface area contributed by atoms with E-state index in [1.165, 1.54) is 25.7 Å². The molecule has 0 heterocycles. The fourth-order valence-corrected chi connectivity index (χ4v) is 1.75. The highest BCUT2D eigenvalue weighted by molar-refractivity contribution is 4.88. The summed E-state index contributed by atoms with van der Waals surface area (Å²) in [5.41, 5.74) is 0.590. The van der Waals surface area contributed by atoms with Crippen LogP contribution in [0.25, 0.3) is 0 Å². The second-order valence-electron chi connectivity index (χ2n) is 4.14. The predicted molar refractivity (Wildman–Crippen MR) is 45.7 cm³/mol. The smallest absolute Gasteiger partial charge is 0.0649 e. The van der Waals surface area contributed by atoms with Crippen molar-refractivity contribution in [2.45, 2.75) is 46.5 Å². The highest BCUT2D eigenvalue weighted by Gasteiger charge is 2.34. The molecule has 0 amide bonds. The number of hydrogen-bond donors (Lipinski definition) is 0. The summed E-state index contributed by atoms with van der Waals surface area (Å²) in [6.07, 6.45) is 7.92. The molecule has 0 saturated heterocycles. The maximum absolute atomic E-state index is 2.45. The molecule has 10 heavy (non-hydrogen) atoms. The van der Waals surface area contributed by atoms with Crippen LogP contribution in [0.1, 0.15) is 46.5 Å². The van der Waals surface area contributed by atoms with Gasteiger partial charge in [-0.15, -0.1) is 0 Å². The van der Waals surface area contributed by atoms with Gasteiger partial charge in [0.15, 0.2) is 0 Å². The van der Waals surface area contributed by atoms with Crippen LogP contribution in [-0.4, -0.2) is 0 Å². The summed E-state index contributed by atoms with van der Waals surface area (Å²) in [5, 5.41) is 0. The molecule has 0 aliphatic heterocycles. The molecule has 1 aliphatic carbocycles. The van der Waals surface area contributed by atoms with E-state index in [-0.39, 0.29) is 0 Å². The molecule has 0 bridgehead atoms. The Bertz CT molecular complexity index is 96.6. The van der Waals surface area contributed by atoms with E-state index in [9.17, 15) is 0 Å². The van der Waals surface area contributed by atoms with Crippen molar-refractivity contribution in [1.82, 2.24) is 0 Å². The van der Waals surface area contributed by atoms with Crippen molar-refractivity contribution in [3.8, 4) is 0 Å². The van der Waals surface area contributed by atoms with Crippen LogP contribution in [0, 0.1) is 17.8 Å². The molecule has 1 aliphatic rings. The third-order valence-electron chi connectivity index (χ3n) is 3.19. The third kappa shape index (κ3) is 1.47. The first-order valence-electron chi connectivity index (χ1n) is 4.48. The van der Waals surface area contributed by atoms with Gasteiger partial charge in [-0.3, -0.25) is 0 Å². The zero-order valence-corrected chi connectivity index (χ0v) is 7.48. The average molecular weight is 139 g/mol. The maximum atomic E-state index is 2.45. The summed E-state index contributed by atoms with van der Waals surface area (Å²) < 4.78 is 0. The molecule has 1 fully saturated rings. The molecule has 1 rings (SSSR count). The van der Waals surface area contributed by atoms with Crippen molar-refractivity contribution in [2.24, 2.45) is 11.3 Å². The molecule has 0 aromatic rings. The van der Waals surface area contributed by atoms with Gasteiger partial charge in [0, 0.05) is 5.92 Å². The Morgan fingerprint density at radius 1 is 1.50 bits per heavy atom. The van der Waals surface area contributed by atoms with E-state index in [1.54, 1.807) is 0 Å². The van der Waals surface area contributed by atoms with Crippen LogP contribution in [-0.2, 0) is 0 Å². The molecule has 0 aromatic carbocycles. The fraction of sp³-hybridized carbons (Fsp3) is 0.900. The van der Waals surface area contributed by atoms with Gasteiger partial charge >= 0.3 is 0 Å². The minimum Gasteiger partial charge on any atom is -0.0649 e. The highest BCUT2D eigenvalue weighted by atomic mass is 14.3. The van der Waals surface area contributed by atoms with Crippen molar-refractivity contribution in [1.29, 1.82) is 0 Å². The van der Waals surface area contributed by atoms with Crippen LogP contribution in [0.3, 0.4) is 0 Å². The monoisotopic (exact) mass is 139 g/mol. The zero-order valence-electron chi connectivity index (χ0n) is 7.48. The maximum Gasteiger partial charge on any atom is 0.0910 e. The molecule has 0 aromatic heterocycles. The predicted octanol–water partition coefficient (Wildman–Crippen LogP) is 3.43. The Morgan fingerprint density at radius 2 is 2.20 bits per heavy atom. The van der Waals surface area contributed by atoms with Gasteiger partial charge in [-0.2, -0.15) is 0 Å². The van der Waals surface area contributed by atoms with Gasteiger partial charge in [0.1, 0.15) is 0 Å². The molecule has 0 N–H and O–H groups in total. The lowest BCUT2D eigenvalue weighted by Gasteiger charge is -2.27. The largest absolute Gasteiger partial charge is 0.0910 e. The highest BCUT2D eigenvalue weighted by Crippen LogP contribution is 2.40. The molecule has 1 atom stereocenters. The molecule has 1 saturated carbocycles. The minimum absolute atomic E-state index is 0.590. The lowest BCUT2D eigenvalue weighted by atomic mass is 9.76. The Hall–Kier alpha value is -0.130. The summed E-state index contributed by atoms with van der Waals surface area (Å²) in [4.78, 5) is 0.